The second-order valence-electron chi connectivity index (χ2n) is 27.6. The third-order valence-electron chi connectivity index (χ3n) is 19.2. The second kappa shape index (κ2) is 37.9. The van der Waals surface area contributed by atoms with Crippen molar-refractivity contribution in [1.29, 1.82) is 0 Å². The molecule has 0 spiro atoms. The molecule has 1 fully saturated rings. The van der Waals surface area contributed by atoms with Crippen molar-refractivity contribution in [2.24, 2.45) is 35.3 Å². The molecule has 0 saturated carbocycles. The Bertz CT molecular complexity index is 3610. The number of carbonyl (C=O) groups excluding carboxylic acids is 9. The second-order valence-corrected chi connectivity index (χ2v) is 29.2. The zero-order valence-electron chi connectivity index (χ0n) is 61.4. The maximum atomic E-state index is 14.9. The van der Waals surface area contributed by atoms with Crippen LogP contribution in [0, 0.1) is 29.6 Å². The van der Waals surface area contributed by atoms with E-state index in [4.69, 9.17) is 28.9 Å². The van der Waals surface area contributed by atoms with Crippen LogP contribution in [0.3, 0.4) is 0 Å². The van der Waals surface area contributed by atoms with E-state index in [2.05, 4.69) is 31.9 Å². The number of benzene rings is 4. The van der Waals surface area contributed by atoms with Gasteiger partial charge in [-0.25, -0.2) is 14.4 Å². The number of anilines is 1. The Morgan fingerprint density at radius 1 is 0.706 bits per heavy atom. The standard InChI is InChI=1S/C74H106N10O17S/c1-16-45(8)64(59(97-13)39-60(85)84-37-25-33-57(84)66(98-14)46(9)67(87)77-47(10)65(86)48-26-18-17-19-27-48)82(11)71(91)62(43(4)5)80-70(90)63(44(6)7)83(12)74(94)100-40-49-34-35-50(38-58(49)101-102(15,95)96)78-68(88)56(32-24-36-76-72(75)92)79-69(89)61(42(2)3)81-73(93)99-41-55-53-30-22-20-28-51(53)52-29-21-23-31-54(52)55/h17-23,26-31,34-35,38,42-47,55-57,59,61-66,86H,16,24-25,32-33,36-37,39-41H2,1-15H3,(H,77,87)(H,78,88)(H,79,89)(H,80,90)(H,81,93)(H3,75,76,92)/t45-,46+,47+,56-,57-,59+,61-,62-,63-,64-,65+,66+/m0/s1. The molecular formula is C74H106N10O17S. The molecule has 4 aromatic rings. The van der Waals surface area contributed by atoms with Crippen LogP contribution in [0.4, 0.5) is 20.1 Å². The number of urea groups is 1. The van der Waals surface area contributed by atoms with Gasteiger partial charge in [0.2, 0.25) is 35.4 Å². The Kier molecular flexibility index (Phi) is 30.5. The highest BCUT2D eigenvalue weighted by atomic mass is 32.2. The number of likely N-dealkylation sites (N-methyl/N-ethyl adjacent to an activating group) is 2. The minimum Gasteiger partial charge on any atom is -0.449 e. The molecule has 12 atom stereocenters. The van der Waals surface area contributed by atoms with Crippen molar-refractivity contribution in [3.8, 4) is 16.9 Å². The monoisotopic (exact) mass is 1440 g/mol. The quantitative estimate of drug-likeness (QED) is 0.0163. The minimum atomic E-state index is -4.27. The molecule has 1 aliphatic heterocycles. The third-order valence-corrected chi connectivity index (χ3v) is 19.7. The van der Waals surface area contributed by atoms with Gasteiger partial charge in [-0.15, -0.1) is 0 Å². The number of nitrogens with two attached hydrogens (primary N) is 1. The van der Waals surface area contributed by atoms with Crippen LogP contribution in [0.2, 0.25) is 0 Å². The number of hydrogen-bond acceptors (Lipinski definition) is 17. The number of fused-ring (bicyclic) bond motifs is 3. The number of amides is 10. The number of nitrogens with zero attached hydrogens (tertiary/aromatic N) is 3. The summed E-state index contributed by atoms with van der Waals surface area (Å²) in [5.74, 6) is -6.37. The van der Waals surface area contributed by atoms with Crippen molar-refractivity contribution in [1.82, 2.24) is 41.3 Å². The normalized spacial score (nSPS) is 16.8. The lowest BCUT2D eigenvalue weighted by molar-refractivity contribution is -0.148. The highest BCUT2D eigenvalue weighted by Crippen LogP contribution is 2.44. The van der Waals surface area contributed by atoms with Crippen molar-refractivity contribution in [2.75, 3.05) is 59.6 Å². The molecule has 2 aliphatic rings. The molecule has 6 rings (SSSR count). The number of carbonyl (C=O) groups is 9. The first kappa shape index (κ1) is 82.1. The summed E-state index contributed by atoms with van der Waals surface area (Å²) >= 11 is 0. The van der Waals surface area contributed by atoms with E-state index in [9.17, 15) is 56.7 Å². The maximum absolute atomic E-state index is 14.9. The van der Waals surface area contributed by atoms with Crippen LogP contribution >= 0.6 is 0 Å². The van der Waals surface area contributed by atoms with E-state index in [0.717, 1.165) is 33.4 Å². The van der Waals surface area contributed by atoms with Gasteiger partial charge in [0.05, 0.1) is 55.0 Å². The van der Waals surface area contributed by atoms with Gasteiger partial charge in [-0.05, 0) is 96.2 Å². The number of nitrogens with one attached hydrogen (secondary N) is 6. The van der Waals surface area contributed by atoms with E-state index in [-0.39, 0.29) is 73.1 Å². The summed E-state index contributed by atoms with van der Waals surface area (Å²) in [7, 11) is 1.64. The van der Waals surface area contributed by atoms with Crippen LogP contribution < -0.4 is 41.8 Å². The Labute approximate surface area is 599 Å². The topological polar surface area (TPSA) is 362 Å². The Hall–Kier alpha value is -8.86. The average molecular weight is 1440 g/mol. The summed E-state index contributed by atoms with van der Waals surface area (Å²) in [6.45, 7) is 17.5. The van der Waals surface area contributed by atoms with E-state index < -0.39 is 143 Å². The zero-order valence-corrected chi connectivity index (χ0v) is 62.2. The van der Waals surface area contributed by atoms with Gasteiger partial charge in [-0.2, -0.15) is 8.42 Å². The third kappa shape index (κ3) is 21.8. The molecule has 28 heteroatoms. The van der Waals surface area contributed by atoms with Crippen LogP contribution in [-0.2, 0) is 64.4 Å². The minimum absolute atomic E-state index is 0.00951. The van der Waals surface area contributed by atoms with Gasteiger partial charge in [-0.1, -0.05) is 148 Å². The lowest BCUT2D eigenvalue weighted by Crippen LogP contribution is -2.60. The zero-order chi connectivity index (χ0) is 75.4. The highest BCUT2D eigenvalue weighted by Gasteiger charge is 2.44. The van der Waals surface area contributed by atoms with Gasteiger partial charge in [0.1, 0.15) is 37.4 Å². The van der Waals surface area contributed by atoms with E-state index in [1.165, 1.54) is 44.4 Å². The van der Waals surface area contributed by atoms with Crippen molar-refractivity contribution < 1.29 is 79.8 Å². The van der Waals surface area contributed by atoms with E-state index in [1.54, 1.807) is 79.5 Å². The molecule has 1 saturated heterocycles. The van der Waals surface area contributed by atoms with E-state index >= 15 is 0 Å². The van der Waals surface area contributed by atoms with Gasteiger partial charge < -0.3 is 75.7 Å². The molecule has 0 bridgehead atoms. The number of alkyl carbamates (subject to hydrolysis) is 1. The van der Waals surface area contributed by atoms with Crippen LogP contribution in [-0.4, -0.2) is 191 Å². The van der Waals surface area contributed by atoms with Crippen LogP contribution in [0.1, 0.15) is 142 Å². The number of primary amides is 1. The Morgan fingerprint density at radius 2 is 1.32 bits per heavy atom. The van der Waals surface area contributed by atoms with Gasteiger partial charge in [0.15, 0.2) is 5.75 Å². The van der Waals surface area contributed by atoms with Crippen molar-refractivity contribution in [2.45, 2.75) is 181 Å². The summed E-state index contributed by atoms with van der Waals surface area (Å²) in [6.07, 6.45) is -1.78. The van der Waals surface area contributed by atoms with Crippen LogP contribution in [0.5, 0.6) is 5.75 Å². The fourth-order valence-electron chi connectivity index (χ4n) is 13.5. The van der Waals surface area contributed by atoms with Gasteiger partial charge in [0, 0.05) is 64.6 Å². The van der Waals surface area contributed by atoms with Gasteiger partial charge >= 0.3 is 28.3 Å². The maximum Gasteiger partial charge on any atom is 0.410 e. The number of aliphatic hydroxyl groups excluding tert-OH is 1. The summed E-state index contributed by atoms with van der Waals surface area (Å²) in [4.78, 5) is 129. The fourth-order valence-corrected chi connectivity index (χ4v) is 14.0. The number of methoxy groups -OCH3 is 2. The Morgan fingerprint density at radius 3 is 1.89 bits per heavy atom. The fraction of sp³-hybridized carbons (Fsp3) is 0.554. The molecule has 10 amide bonds. The predicted octanol–water partition coefficient (Wildman–Crippen LogP) is 7.35. The molecule has 1 aliphatic carbocycles. The molecule has 0 radical (unpaired) electrons. The van der Waals surface area contributed by atoms with Gasteiger partial charge in [0.25, 0.3) is 0 Å². The van der Waals surface area contributed by atoms with Crippen LogP contribution in [0.15, 0.2) is 97.1 Å². The van der Waals surface area contributed by atoms with Crippen molar-refractivity contribution in [3.05, 3.63) is 119 Å². The summed E-state index contributed by atoms with van der Waals surface area (Å²) in [6, 6.07) is 21.1. The van der Waals surface area contributed by atoms with Crippen molar-refractivity contribution in [3.63, 3.8) is 0 Å². The molecule has 560 valence electrons. The number of likely N-dealkylation sites (tertiary alicyclic amines) is 1. The Balaban J connectivity index is 1.10. The summed E-state index contributed by atoms with van der Waals surface area (Å²) in [5, 5.41) is 27.3. The van der Waals surface area contributed by atoms with Gasteiger partial charge in [-0.3, -0.25) is 33.7 Å². The largest absolute Gasteiger partial charge is 0.449 e. The molecule has 102 heavy (non-hydrogen) atoms. The number of hydrogen-bond donors (Lipinski definition) is 8. The number of rotatable bonds is 36. The van der Waals surface area contributed by atoms with E-state index in [1.807, 2.05) is 80.6 Å². The average Bonchev–Trinajstić information content (AvgIpc) is 1.61. The first-order valence-corrected chi connectivity index (χ1v) is 36.7. The molecule has 0 unspecified atom stereocenters. The smallest absolute Gasteiger partial charge is 0.410 e. The first-order valence-electron chi connectivity index (χ1n) is 34.9. The van der Waals surface area contributed by atoms with E-state index in [0.29, 0.717) is 31.4 Å². The summed E-state index contributed by atoms with van der Waals surface area (Å²) in [5.41, 5.74) is 10.0. The molecule has 1 heterocycles. The molecule has 0 aromatic heterocycles. The van der Waals surface area contributed by atoms with Crippen LogP contribution in [0.25, 0.3) is 11.1 Å². The highest BCUT2D eigenvalue weighted by molar-refractivity contribution is 7.86. The molecular weight excluding hydrogens is 1330 g/mol. The van der Waals surface area contributed by atoms with Crippen molar-refractivity contribution >= 4 is 69.5 Å². The molecule has 9 N–H and O–H groups in total. The molecule has 27 nitrogen and oxygen atoms in total. The lowest BCUT2D eigenvalue weighted by Gasteiger charge is -2.41. The SMILES string of the molecule is CC[C@H](C)[C@@H]([C@@H](CC(=O)N1CCC[C@H]1[C@H](OC)[C@@H](C)C(=O)N[C@H](C)[C@@H](O)c1ccccc1)OC)N(C)C(=O)[C@@H](NC(=O)[C@H](C(C)C)N(C)C(=O)OCc1ccc(NC(=O)[C@H](CCCNC(N)=O)NC(=O)[C@@H](NC(=O)OCC2c3ccccc3-c3ccccc32)C(C)C)cc1OS(C)(=O)=O)C(C)C. The number of ether oxygens (including phenoxy) is 4. The lowest BCUT2D eigenvalue weighted by atomic mass is 9.89. The number of aliphatic hydroxyl groups is 1. The molecule has 4 aromatic carbocycles. The summed E-state index contributed by atoms with van der Waals surface area (Å²) < 4.78 is 54.3. The first-order chi connectivity index (χ1) is 48.2. The predicted molar refractivity (Wildman–Crippen MR) is 385 cm³/mol.